The highest BCUT2D eigenvalue weighted by atomic mass is 16.5. The Morgan fingerprint density at radius 1 is 1.12 bits per heavy atom. The Hall–Kier alpha value is -1.92. The third kappa shape index (κ3) is 3.30. The highest BCUT2D eigenvalue weighted by molar-refractivity contribution is 5.20. The van der Waals surface area contributed by atoms with Crippen LogP contribution in [-0.4, -0.2) is 63.4 Å². The average molecular weight is 327 g/mol. The zero-order chi connectivity index (χ0) is 16.4. The number of rotatable bonds is 6. The fourth-order valence-corrected chi connectivity index (χ4v) is 3.58. The van der Waals surface area contributed by atoms with Gasteiger partial charge < -0.3 is 9.30 Å². The highest BCUT2D eigenvalue weighted by Crippen LogP contribution is 2.21. The van der Waals surface area contributed by atoms with Gasteiger partial charge in [-0.3, -0.25) is 9.80 Å². The van der Waals surface area contributed by atoms with Crippen LogP contribution in [0.15, 0.2) is 30.3 Å². The molecule has 0 atom stereocenters. The fourth-order valence-electron chi connectivity index (χ4n) is 3.58. The first-order chi connectivity index (χ1) is 11.8. The maximum absolute atomic E-state index is 5.75. The summed E-state index contributed by atoms with van der Waals surface area (Å²) >= 11 is 0. The van der Waals surface area contributed by atoms with Gasteiger partial charge in [0.05, 0.1) is 13.2 Å². The quantitative estimate of drug-likeness (QED) is 0.754. The summed E-state index contributed by atoms with van der Waals surface area (Å²) in [4.78, 5) is 5.07. The molecule has 6 nitrogen and oxygen atoms in total. The molecule has 3 heterocycles. The lowest BCUT2D eigenvalue weighted by molar-refractivity contribution is 0.0153. The van der Waals surface area contributed by atoms with E-state index in [1.165, 1.54) is 13.1 Å². The predicted octanol–water partition coefficient (Wildman–Crippen LogP) is 1.56. The second-order valence-electron chi connectivity index (χ2n) is 6.71. The van der Waals surface area contributed by atoms with Crippen molar-refractivity contribution in [2.75, 3.05) is 32.8 Å². The molecule has 0 spiro atoms. The fraction of sp³-hybridized carbons (Fsp3) is 0.556. The third-order valence-corrected chi connectivity index (χ3v) is 5.05. The maximum atomic E-state index is 5.75. The van der Waals surface area contributed by atoms with Gasteiger partial charge in [0, 0.05) is 38.8 Å². The Balaban J connectivity index is 1.15. The minimum absolute atomic E-state index is 0.672. The molecule has 0 N–H and O–H groups in total. The van der Waals surface area contributed by atoms with Crippen molar-refractivity contribution in [1.82, 2.24) is 24.6 Å². The molecule has 0 aliphatic carbocycles. The molecule has 0 unspecified atom stereocenters. The van der Waals surface area contributed by atoms with Crippen LogP contribution in [-0.2, 0) is 13.1 Å². The highest BCUT2D eigenvalue weighted by Gasteiger charge is 2.33. The number of likely N-dealkylation sites (tertiary alicyclic amines) is 1. The first-order valence-corrected chi connectivity index (χ1v) is 8.82. The molecule has 1 fully saturated rings. The zero-order valence-electron chi connectivity index (χ0n) is 14.3. The molecule has 0 amide bonds. The van der Waals surface area contributed by atoms with Crippen molar-refractivity contribution in [2.45, 2.75) is 32.5 Å². The molecule has 1 aromatic heterocycles. The van der Waals surface area contributed by atoms with Crippen LogP contribution in [0.5, 0.6) is 5.75 Å². The minimum atomic E-state index is 0.672. The molecule has 128 valence electrons. The molecule has 0 bridgehead atoms. The van der Waals surface area contributed by atoms with Gasteiger partial charge in [-0.25, -0.2) is 0 Å². The SMILES string of the molecule is Cc1nnc2n1CCN(C1CN(CCCOc3ccccc3)C1)C2. The summed E-state index contributed by atoms with van der Waals surface area (Å²) in [6.45, 7) is 9.35. The summed E-state index contributed by atoms with van der Waals surface area (Å²) < 4.78 is 8.00. The minimum Gasteiger partial charge on any atom is -0.494 e. The van der Waals surface area contributed by atoms with E-state index in [9.17, 15) is 0 Å². The van der Waals surface area contributed by atoms with Crippen LogP contribution in [0.1, 0.15) is 18.1 Å². The van der Waals surface area contributed by atoms with Crippen molar-refractivity contribution < 1.29 is 4.74 Å². The molecule has 2 aliphatic heterocycles. The van der Waals surface area contributed by atoms with Crippen LogP contribution in [0, 0.1) is 6.92 Å². The standard InChI is InChI=1S/C18H25N5O/c1-15-19-20-18-14-22(9-10-23(15)18)16-12-21(13-16)8-5-11-24-17-6-3-2-4-7-17/h2-4,6-7,16H,5,8-14H2,1H3. The lowest BCUT2D eigenvalue weighted by Gasteiger charge is -2.46. The zero-order valence-corrected chi connectivity index (χ0v) is 14.3. The van der Waals surface area contributed by atoms with Crippen LogP contribution < -0.4 is 4.74 Å². The number of benzene rings is 1. The number of aryl methyl sites for hydroxylation is 1. The van der Waals surface area contributed by atoms with E-state index in [4.69, 9.17) is 4.74 Å². The number of para-hydroxylation sites is 1. The summed E-state index contributed by atoms with van der Waals surface area (Å²) in [6.07, 6.45) is 1.08. The van der Waals surface area contributed by atoms with E-state index in [1.54, 1.807) is 0 Å². The van der Waals surface area contributed by atoms with Crippen LogP contribution in [0.3, 0.4) is 0 Å². The predicted molar refractivity (Wildman–Crippen MR) is 92.0 cm³/mol. The van der Waals surface area contributed by atoms with Crippen LogP contribution in [0.25, 0.3) is 0 Å². The molecular weight excluding hydrogens is 302 g/mol. The first-order valence-electron chi connectivity index (χ1n) is 8.82. The Labute approximate surface area is 143 Å². The third-order valence-electron chi connectivity index (χ3n) is 5.05. The van der Waals surface area contributed by atoms with Gasteiger partial charge in [0.1, 0.15) is 17.4 Å². The molecule has 2 aromatic rings. The summed E-state index contributed by atoms with van der Waals surface area (Å²) in [7, 11) is 0. The molecule has 0 radical (unpaired) electrons. The Morgan fingerprint density at radius 2 is 1.96 bits per heavy atom. The van der Waals surface area contributed by atoms with Crippen LogP contribution in [0.2, 0.25) is 0 Å². The normalized spacial score (nSPS) is 19.0. The summed E-state index contributed by atoms with van der Waals surface area (Å²) in [5, 5.41) is 8.48. The van der Waals surface area contributed by atoms with E-state index in [0.717, 1.165) is 56.6 Å². The average Bonchev–Trinajstić information content (AvgIpc) is 2.94. The van der Waals surface area contributed by atoms with Crippen molar-refractivity contribution in [2.24, 2.45) is 0 Å². The Morgan fingerprint density at radius 3 is 2.79 bits per heavy atom. The van der Waals surface area contributed by atoms with Crippen molar-refractivity contribution in [3.05, 3.63) is 42.0 Å². The van der Waals surface area contributed by atoms with Gasteiger partial charge in [0.15, 0.2) is 0 Å². The molecule has 24 heavy (non-hydrogen) atoms. The Bertz CT molecular complexity index is 665. The number of nitrogens with zero attached hydrogens (tertiary/aromatic N) is 5. The summed E-state index contributed by atoms with van der Waals surface area (Å²) in [5.41, 5.74) is 0. The molecule has 1 saturated heterocycles. The number of hydrogen-bond donors (Lipinski definition) is 0. The van der Waals surface area contributed by atoms with E-state index in [2.05, 4.69) is 24.6 Å². The van der Waals surface area contributed by atoms with Crippen molar-refractivity contribution in [3.63, 3.8) is 0 Å². The summed E-state index contributed by atoms with van der Waals surface area (Å²) in [6, 6.07) is 10.7. The van der Waals surface area contributed by atoms with Gasteiger partial charge in [-0.2, -0.15) is 0 Å². The number of aromatic nitrogens is 3. The van der Waals surface area contributed by atoms with Gasteiger partial charge in [-0.15, -0.1) is 10.2 Å². The second kappa shape index (κ2) is 6.91. The van der Waals surface area contributed by atoms with Gasteiger partial charge in [0.2, 0.25) is 0 Å². The number of hydrogen-bond acceptors (Lipinski definition) is 5. The van der Waals surface area contributed by atoms with Crippen LogP contribution >= 0.6 is 0 Å². The molecular formula is C18H25N5O. The smallest absolute Gasteiger partial charge is 0.147 e. The van der Waals surface area contributed by atoms with Crippen molar-refractivity contribution in [1.29, 1.82) is 0 Å². The largest absolute Gasteiger partial charge is 0.494 e. The van der Waals surface area contributed by atoms with Gasteiger partial charge in [-0.05, 0) is 25.5 Å². The summed E-state index contributed by atoms with van der Waals surface area (Å²) in [5.74, 6) is 3.12. The van der Waals surface area contributed by atoms with Gasteiger partial charge in [-0.1, -0.05) is 18.2 Å². The first kappa shape index (κ1) is 15.6. The number of ether oxygens (including phenoxy) is 1. The van der Waals surface area contributed by atoms with Crippen molar-refractivity contribution in [3.8, 4) is 5.75 Å². The Kier molecular flexibility index (Phi) is 4.49. The van der Waals surface area contributed by atoms with Crippen molar-refractivity contribution >= 4 is 0 Å². The van der Waals surface area contributed by atoms with Crippen LogP contribution in [0.4, 0.5) is 0 Å². The number of fused-ring (bicyclic) bond motifs is 1. The molecule has 6 heteroatoms. The van der Waals surface area contributed by atoms with Gasteiger partial charge in [0.25, 0.3) is 0 Å². The monoisotopic (exact) mass is 327 g/mol. The van der Waals surface area contributed by atoms with E-state index in [-0.39, 0.29) is 0 Å². The molecule has 1 aromatic carbocycles. The molecule has 4 rings (SSSR count). The maximum Gasteiger partial charge on any atom is 0.147 e. The lowest BCUT2D eigenvalue weighted by Crippen LogP contribution is -2.60. The van der Waals surface area contributed by atoms with E-state index >= 15 is 0 Å². The second-order valence-corrected chi connectivity index (χ2v) is 6.71. The lowest BCUT2D eigenvalue weighted by atomic mass is 10.1. The van der Waals surface area contributed by atoms with E-state index < -0.39 is 0 Å². The molecule has 2 aliphatic rings. The van der Waals surface area contributed by atoms with Gasteiger partial charge >= 0.3 is 0 Å². The molecule has 0 saturated carbocycles. The topological polar surface area (TPSA) is 46.4 Å². The van der Waals surface area contributed by atoms with E-state index in [1.807, 2.05) is 37.3 Å². The van der Waals surface area contributed by atoms with E-state index in [0.29, 0.717) is 6.04 Å².